The molecule has 2 fully saturated rings. The number of nitrogens with zero attached hydrogens (tertiary/aromatic N) is 2. The predicted molar refractivity (Wildman–Crippen MR) is 66.9 cm³/mol. The highest BCUT2D eigenvalue weighted by Crippen LogP contribution is 2.61. The van der Waals surface area contributed by atoms with Crippen molar-refractivity contribution in [2.24, 2.45) is 23.6 Å². The maximum Gasteiger partial charge on any atom is 0.0662 e. The van der Waals surface area contributed by atoms with Crippen molar-refractivity contribution in [1.82, 2.24) is 15.2 Å². The Bertz CT molecular complexity index is 377. The first-order valence-electron chi connectivity index (χ1n) is 6.84. The fourth-order valence-corrected chi connectivity index (χ4v) is 3.77. The van der Waals surface area contributed by atoms with Crippen molar-refractivity contribution < 1.29 is 0 Å². The third-order valence-electron chi connectivity index (χ3n) is 4.54. The molecule has 4 heteroatoms. The van der Waals surface area contributed by atoms with Crippen LogP contribution in [0.15, 0.2) is 12.3 Å². The first kappa shape index (κ1) is 11.2. The molecular weight excluding hydrogens is 212 g/mol. The van der Waals surface area contributed by atoms with Crippen LogP contribution in [0, 0.1) is 17.8 Å². The summed E-state index contributed by atoms with van der Waals surface area (Å²) < 4.78 is 2.11. The van der Waals surface area contributed by atoms with E-state index in [2.05, 4.69) is 28.2 Å². The molecule has 3 unspecified atom stereocenters. The molecule has 3 atom stereocenters. The zero-order valence-corrected chi connectivity index (χ0v) is 10.5. The smallest absolute Gasteiger partial charge is 0.0662 e. The molecule has 2 aliphatic rings. The highest BCUT2D eigenvalue weighted by atomic mass is 15.3. The maximum atomic E-state index is 5.78. The second kappa shape index (κ2) is 4.42. The van der Waals surface area contributed by atoms with Crippen LogP contribution in [-0.2, 0) is 6.54 Å². The Labute approximate surface area is 103 Å². The quantitative estimate of drug-likeness (QED) is 0.604. The topological polar surface area (TPSA) is 55.9 Å². The molecule has 0 bridgehead atoms. The van der Waals surface area contributed by atoms with E-state index in [0.717, 1.165) is 30.7 Å². The van der Waals surface area contributed by atoms with Crippen molar-refractivity contribution in [3.05, 3.63) is 18.0 Å². The van der Waals surface area contributed by atoms with Gasteiger partial charge in [0.1, 0.15) is 0 Å². The molecule has 0 aliphatic heterocycles. The molecule has 2 aliphatic carbocycles. The van der Waals surface area contributed by atoms with Gasteiger partial charge in [-0.2, -0.15) is 5.10 Å². The average molecular weight is 234 g/mol. The Morgan fingerprint density at radius 2 is 2.29 bits per heavy atom. The van der Waals surface area contributed by atoms with Crippen LogP contribution in [0.3, 0.4) is 0 Å². The number of nitrogens with one attached hydrogen (secondary N) is 1. The minimum atomic E-state index is 0.305. The fraction of sp³-hybridized carbons (Fsp3) is 0.769. The van der Waals surface area contributed by atoms with Crippen LogP contribution >= 0.6 is 0 Å². The molecule has 1 aromatic rings. The summed E-state index contributed by atoms with van der Waals surface area (Å²) in [6, 6.07) is 2.42. The minimum Gasteiger partial charge on any atom is -0.271 e. The molecule has 4 nitrogen and oxygen atoms in total. The fourth-order valence-electron chi connectivity index (χ4n) is 3.77. The highest BCUT2D eigenvalue weighted by molar-refractivity contribution is 5.16. The van der Waals surface area contributed by atoms with Crippen molar-refractivity contribution >= 4 is 0 Å². The highest BCUT2D eigenvalue weighted by Gasteiger charge is 2.56. The summed E-state index contributed by atoms with van der Waals surface area (Å²) in [6.07, 6.45) is 7.22. The second-order valence-electron chi connectivity index (χ2n) is 5.46. The molecule has 3 N–H and O–H groups in total. The normalized spacial score (nSPS) is 32.5. The van der Waals surface area contributed by atoms with Gasteiger partial charge in [-0.25, -0.2) is 0 Å². The van der Waals surface area contributed by atoms with E-state index >= 15 is 0 Å². The number of rotatable bonds is 5. The van der Waals surface area contributed by atoms with Gasteiger partial charge in [-0.15, -0.1) is 0 Å². The van der Waals surface area contributed by atoms with Gasteiger partial charge in [-0.3, -0.25) is 16.0 Å². The maximum absolute atomic E-state index is 5.78. The summed E-state index contributed by atoms with van der Waals surface area (Å²) >= 11 is 0. The Morgan fingerprint density at radius 3 is 2.94 bits per heavy atom. The van der Waals surface area contributed by atoms with E-state index < -0.39 is 0 Å². The lowest BCUT2D eigenvalue weighted by Gasteiger charge is -2.19. The van der Waals surface area contributed by atoms with E-state index in [1.807, 2.05) is 6.20 Å². The van der Waals surface area contributed by atoms with Gasteiger partial charge in [-0.1, -0.05) is 13.3 Å². The standard InChI is InChI=1S/C13H22N4/c1-2-8-17-11(6-7-15-17)13(16-14)12-9-4-3-5-10(9)12/h6-7,9-10,12-13,16H,2-5,8,14H2,1H3. The van der Waals surface area contributed by atoms with Crippen LogP contribution in [0.2, 0.25) is 0 Å². The number of hydrogen-bond donors (Lipinski definition) is 2. The van der Waals surface area contributed by atoms with Gasteiger partial charge in [0, 0.05) is 12.7 Å². The summed E-state index contributed by atoms with van der Waals surface area (Å²) in [4.78, 5) is 0. The van der Waals surface area contributed by atoms with Crippen molar-refractivity contribution in [2.45, 2.75) is 45.2 Å². The minimum absolute atomic E-state index is 0.305. The molecule has 0 radical (unpaired) electrons. The lowest BCUT2D eigenvalue weighted by Crippen LogP contribution is -2.32. The summed E-state index contributed by atoms with van der Waals surface area (Å²) in [6.45, 7) is 3.17. The Kier molecular flexibility index (Phi) is 2.92. The third kappa shape index (κ3) is 1.79. The molecule has 0 amide bonds. The van der Waals surface area contributed by atoms with Crippen LogP contribution in [0.25, 0.3) is 0 Å². The SMILES string of the molecule is CCCn1nccc1C(NN)C1C2CCCC21. The summed E-state index contributed by atoms with van der Waals surface area (Å²) in [5.41, 5.74) is 4.30. The first-order valence-corrected chi connectivity index (χ1v) is 6.84. The van der Waals surface area contributed by atoms with Gasteiger partial charge < -0.3 is 0 Å². The number of nitrogens with two attached hydrogens (primary N) is 1. The zero-order chi connectivity index (χ0) is 11.8. The van der Waals surface area contributed by atoms with Gasteiger partial charge >= 0.3 is 0 Å². The first-order chi connectivity index (χ1) is 8.36. The number of hydrazine groups is 1. The van der Waals surface area contributed by atoms with Crippen LogP contribution in [0.1, 0.15) is 44.3 Å². The number of hydrogen-bond acceptors (Lipinski definition) is 3. The number of aryl methyl sites for hydroxylation is 1. The van der Waals surface area contributed by atoms with Crippen LogP contribution < -0.4 is 11.3 Å². The molecule has 17 heavy (non-hydrogen) atoms. The summed E-state index contributed by atoms with van der Waals surface area (Å²) in [5, 5.41) is 4.40. The van der Waals surface area contributed by atoms with Crippen molar-refractivity contribution in [1.29, 1.82) is 0 Å². The predicted octanol–water partition coefficient (Wildman–Crippen LogP) is 1.84. The van der Waals surface area contributed by atoms with Gasteiger partial charge in [0.25, 0.3) is 0 Å². The van der Waals surface area contributed by atoms with Crippen LogP contribution in [-0.4, -0.2) is 9.78 Å². The van der Waals surface area contributed by atoms with E-state index in [1.54, 1.807) is 0 Å². The zero-order valence-electron chi connectivity index (χ0n) is 10.5. The van der Waals surface area contributed by atoms with E-state index in [4.69, 9.17) is 5.84 Å². The Morgan fingerprint density at radius 1 is 1.53 bits per heavy atom. The van der Waals surface area contributed by atoms with E-state index in [9.17, 15) is 0 Å². The van der Waals surface area contributed by atoms with Gasteiger partial charge in [0.05, 0.1) is 11.7 Å². The Hall–Kier alpha value is -0.870. The van der Waals surface area contributed by atoms with E-state index in [1.165, 1.54) is 25.0 Å². The van der Waals surface area contributed by atoms with E-state index in [-0.39, 0.29) is 0 Å². The Balaban J connectivity index is 1.78. The molecule has 1 aromatic heterocycles. The van der Waals surface area contributed by atoms with Gasteiger partial charge in [-0.05, 0) is 43.1 Å². The van der Waals surface area contributed by atoms with Crippen molar-refractivity contribution in [3.8, 4) is 0 Å². The second-order valence-corrected chi connectivity index (χ2v) is 5.46. The van der Waals surface area contributed by atoms with Crippen LogP contribution in [0.4, 0.5) is 0 Å². The molecule has 0 spiro atoms. The number of fused-ring (bicyclic) bond motifs is 1. The molecule has 3 rings (SSSR count). The lowest BCUT2D eigenvalue weighted by molar-refractivity contribution is 0.393. The summed E-state index contributed by atoms with van der Waals surface area (Å²) in [7, 11) is 0. The summed E-state index contributed by atoms with van der Waals surface area (Å²) in [5.74, 6) is 8.37. The van der Waals surface area contributed by atoms with E-state index in [0.29, 0.717) is 6.04 Å². The molecule has 0 aromatic carbocycles. The molecule has 1 heterocycles. The van der Waals surface area contributed by atoms with Crippen molar-refractivity contribution in [3.63, 3.8) is 0 Å². The molecule has 0 saturated heterocycles. The monoisotopic (exact) mass is 234 g/mol. The molecular formula is C13H22N4. The largest absolute Gasteiger partial charge is 0.271 e. The molecule has 94 valence electrons. The van der Waals surface area contributed by atoms with Gasteiger partial charge in [0.15, 0.2) is 0 Å². The van der Waals surface area contributed by atoms with Gasteiger partial charge in [0.2, 0.25) is 0 Å². The van der Waals surface area contributed by atoms with Crippen LogP contribution in [0.5, 0.6) is 0 Å². The lowest BCUT2D eigenvalue weighted by atomic mass is 10.0. The third-order valence-corrected chi connectivity index (χ3v) is 4.54. The number of aromatic nitrogens is 2. The van der Waals surface area contributed by atoms with Crippen molar-refractivity contribution in [2.75, 3.05) is 0 Å². The molecule has 2 saturated carbocycles. The average Bonchev–Trinajstić information content (AvgIpc) is 2.75.